The number of thiazole rings is 1. The zero-order valence-electron chi connectivity index (χ0n) is 11.3. The molecule has 0 saturated carbocycles. The van der Waals surface area contributed by atoms with E-state index in [1.807, 2.05) is 0 Å². The van der Waals surface area contributed by atoms with Gasteiger partial charge in [-0.1, -0.05) is 11.3 Å². The highest BCUT2D eigenvalue weighted by molar-refractivity contribution is 7.22. The molecule has 0 aliphatic rings. The van der Waals surface area contributed by atoms with Crippen molar-refractivity contribution in [3.05, 3.63) is 29.5 Å². The molecule has 0 unspecified atom stereocenters. The van der Waals surface area contributed by atoms with E-state index in [4.69, 9.17) is 15.8 Å². The van der Waals surface area contributed by atoms with Gasteiger partial charge in [0.1, 0.15) is 23.9 Å². The van der Waals surface area contributed by atoms with Gasteiger partial charge in [0, 0.05) is 12.6 Å². The molecular weight excluding hydrogens is 300 g/mol. The van der Waals surface area contributed by atoms with Crippen LogP contribution in [0.15, 0.2) is 29.5 Å². The Morgan fingerprint density at radius 1 is 1.18 bits per heavy atom. The van der Waals surface area contributed by atoms with Crippen molar-refractivity contribution >= 4 is 38.3 Å². The third-order valence-electron chi connectivity index (χ3n) is 2.53. The second-order valence-electron chi connectivity index (χ2n) is 4.09. The number of anilines is 2. The molecular formula is C14H8N6OS. The smallest absolute Gasteiger partial charge is 0.223 e. The van der Waals surface area contributed by atoms with E-state index in [-0.39, 0.29) is 17.2 Å². The summed E-state index contributed by atoms with van der Waals surface area (Å²) >= 11 is 1.28. The number of allylic oxidation sites excluding steroid dienone is 2. The molecule has 0 radical (unpaired) electrons. The topological polar surface area (TPSA) is 125 Å². The van der Waals surface area contributed by atoms with Crippen LogP contribution < -0.4 is 10.6 Å². The molecule has 0 fully saturated rings. The quantitative estimate of drug-likeness (QED) is 0.839. The third-order valence-corrected chi connectivity index (χ3v) is 3.46. The molecule has 2 rings (SSSR count). The van der Waals surface area contributed by atoms with Crippen LogP contribution in [0.1, 0.15) is 6.92 Å². The van der Waals surface area contributed by atoms with E-state index in [2.05, 4.69) is 15.6 Å². The van der Waals surface area contributed by atoms with Crippen LogP contribution >= 0.6 is 11.3 Å². The Morgan fingerprint density at radius 2 is 1.91 bits per heavy atom. The van der Waals surface area contributed by atoms with Crippen LogP contribution in [-0.2, 0) is 4.79 Å². The number of carbonyl (C=O) groups excluding carboxylic acids is 1. The zero-order chi connectivity index (χ0) is 16.1. The molecule has 1 amide bonds. The second kappa shape index (κ2) is 6.36. The van der Waals surface area contributed by atoms with Crippen molar-refractivity contribution in [1.82, 2.24) is 4.98 Å². The molecule has 0 aliphatic carbocycles. The van der Waals surface area contributed by atoms with Gasteiger partial charge in [0.15, 0.2) is 10.7 Å². The van der Waals surface area contributed by atoms with Crippen LogP contribution in [0, 0.1) is 34.0 Å². The number of hydrogen-bond donors (Lipinski definition) is 2. The van der Waals surface area contributed by atoms with Gasteiger partial charge in [-0.3, -0.25) is 4.79 Å². The maximum absolute atomic E-state index is 11.0. The first kappa shape index (κ1) is 15.0. The molecule has 1 heterocycles. The molecule has 1 aromatic carbocycles. The highest BCUT2D eigenvalue weighted by atomic mass is 32.1. The summed E-state index contributed by atoms with van der Waals surface area (Å²) in [6.45, 7) is 1.40. The Labute approximate surface area is 129 Å². The molecule has 22 heavy (non-hydrogen) atoms. The van der Waals surface area contributed by atoms with Gasteiger partial charge in [-0.25, -0.2) is 4.98 Å². The normalized spacial score (nSPS) is 9.18. The van der Waals surface area contributed by atoms with Crippen molar-refractivity contribution in [3.8, 4) is 18.2 Å². The van der Waals surface area contributed by atoms with Gasteiger partial charge in [0.2, 0.25) is 5.91 Å². The number of aromatic nitrogens is 1. The Morgan fingerprint density at radius 3 is 2.50 bits per heavy atom. The summed E-state index contributed by atoms with van der Waals surface area (Å²) in [5.74, 6) is -0.209. The summed E-state index contributed by atoms with van der Waals surface area (Å²) in [5.41, 5.74) is 0.842. The minimum atomic E-state index is -0.286. The number of fused-ring (bicyclic) bond motifs is 1. The van der Waals surface area contributed by atoms with Crippen molar-refractivity contribution < 1.29 is 4.79 Å². The lowest BCUT2D eigenvalue weighted by Crippen LogP contribution is -2.04. The van der Waals surface area contributed by atoms with Gasteiger partial charge in [0.05, 0.1) is 10.2 Å². The third kappa shape index (κ3) is 3.18. The first-order valence-electron chi connectivity index (χ1n) is 5.97. The molecule has 2 aromatic rings. The van der Waals surface area contributed by atoms with Crippen LogP contribution in [0.3, 0.4) is 0 Å². The van der Waals surface area contributed by atoms with Gasteiger partial charge in [-0.15, -0.1) is 0 Å². The molecule has 0 bridgehead atoms. The van der Waals surface area contributed by atoms with Gasteiger partial charge < -0.3 is 10.6 Å². The Balaban J connectivity index is 2.36. The fourth-order valence-electron chi connectivity index (χ4n) is 1.63. The predicted molar refractivity (Wildman–Crippen MR) is 81.4 cm³/mol. The number of nitriles is 3. The second-order valence-corrected chi connectivity index (χ2v) is 5.12. The van der Waals surface area contributed by atoms with E-state index < -0.39 is 0 Å². The molecule has 8 heteroatoms. The van der Waals surface area contributed by atoms with Crippen LogP contribution in [0.5, 0.6) is 0 Å². The monoisotopic (exact) mass is 308 g/mol. The number of rotatable bonds is 3. The largest absolute Gasteiger partial charge is 0.345 e. The van der Waals surface area contributed by atoms with Crippen LogP contribution in [-0.4, -0.2) is 10.9 Å². The minimum Gasteiger partial charge on any atom is -0.345 e. The van der Waals surface area contributed by atoms with Crippen molar-refractivity contribution in [1.29, 1.82) is 15.8 Å². The Bertz CT molecular complexity index is 890. The van der Waals surface area contributed by atoms with E-state index in [0.29, 0.717) is 16.3 Å². The fourth-order valence-corrected chi connectivity index (χ4v) is 2.59. The molecule has 0 saturated heterocycles. The lowest BCUT2D eigenvalue weighted by molar-refractivity contribution is -0.114. The first-order valence-corrected chi connectivity index (χ1v) is 6.78. The van der Waals surface area contributed by atoms with Crippen molar-refractivity contribution in [2.75, 3.05) is 10.6 Å². The van der Waals surface area contributed by atoms with E-state index >= 15 is 0 Å². The van der Waals surface area contributed by atoms with Gasteiger partial charge >= 0.3 is 0 Å². The Hall–Kier alpha value is -3.41. The maximum atomic E-state index is 11.0. The number of amides is 1. The average molecular weight is 308 g/mol. The summed E-state index contributed by atoms with van der Waals surface area (Å²) in [6, 6.07) is 10.2. The highest BCUT2D eigenvalue weighted by Gasteiger charge is 2.09. The summed E-state index contributed by atoms with van der Waals surface area (Å²) < 4.78 is 0.793. The number of nitrogens with zero attached hydrogens (tertiary/aromatic N) is 4. The van der Waals surface area contributed by atoms with Crippen LogP contribution in [0.4, 0.5) is 10.8 Å². The fraction of sp³-hybridized carbons (Fsp3) is 0.0714. The van der Waals surface area contributed by atoms with E-state index in [1.165, 1.54) is 18.3 Å². The van der Waals surface area contributed by atoms with E-state index in [0.717, 1.165) is 4.70 Å². The van der Waals surface area contributed by atoms with Crippen LogP contribution in [0.25, 0.3) is 10.2 Å². The van der Waals surface area contributed by atoms with Crippen molar-refractivity contribution in [2.24, 2.45) is 0 Å². The van der Waals surface area contributed by atoms with Gasteiger partial charge in [-0.05, 0) is 18.2 Å². The lowest BCUT2D eigenvalue weighted by Gasteiger charge is -2.03. The molecule has 2 N–H and O–H groups in total. The molecule has 106 valence electrons. The summed E-state index contributed by atoms with van der Waals surface area (Å²) in [7, 11) is 0. The average Bonchev–Trinajstić information content (AvgIpc) is 2.87. The summed E-state index contributed by atoms with van der Waals surface area (Å²) in [4.78, 5) is 15.3. The van der Waals surface area contributed by atoms with Crippen molar-refractivity contribution in [2.45, 2.75) is 6.92 Å². The number of nitrogens with one attached hydrogen (secondary N) is 2. The lowest BCUT2D eigenvalue weighted by atomic mass is 10.2. The predicted octanol–water partition coefficient (Wildman–Crippen LogP) is 2.49. The van der Waals surface area contributed by atoms with E-state index in [9.17, 15) is 4.79 Å². The molecule has 0 atom stereocenters. The summed E-state index contributed by atoms with van der Waals surface area (Å²) in [6.07, 6.45) is 0. The zero-order valence-corrected chi connectivity index (χ0v) is 12.2. The van der Waals surface area contributed by atoms with E-state index in [1.54, 1.807) is 36.4 Å². The number of carbonyl (C=O) groups is 1. The molecule has 0 spiro atoms. The molecule has 7 nitrogen and oxygen atoms in total. The SMILES string of the molecule is CC(=O)Nc1nc2ccc(NC(C#N)=C(C#N)C#N)cc2s1. The van der Waals surface area contributed by atoms with Crippen LogP contribution in [0.2, 0.25) is 0 Å². The van der Waals surface area contributed by atoms with Gasteiger partial charge in [0.25, 0.3) is 0 Å². The highest BCUT2D eigenvalue weighted by Crippen LogP contribution is 2.28. The Kier molecular flexibility index (Phi) is 4.33. The number of benzene rings is 1. The standard InChI is InChI=1S/C14H8N6OS/c1-8(21)18-14-20-11-3-2-10(4-13(11)22-14)19-12(7-17)9(5-15)6-16/h2-4,19H,1H3,(H,18,20,21). The number of hydrogen-bond acceptors (Lipinski definition) is 7. The minimum absolute atomic E-state index is 0.115. The summed E-state index contributed by atoms with van der Waals surface area (Å²) in [5, 5.41) is 32.4. The maximum Gasteiger partial charge on any atom is 0.223 e. The molecule has 0 aliphatic heterocycles. The first-order chi connectivity index (χ1) is 10.6. The molecule has 1 aromatic heterocycles. The van der Waals surface area contributed by atoms with Crippen molar-refractivity contribution in [3.63, 3.8) is 0 Å². The van der Waals surface area contributed by atoms with Gasteiger partial charge in [-0.2, -0.15) is 15.8 Å².